The number of rotatable bonds is 7. The highest BCUT2D eigenvalue weighted by molar-refractivity contribution is 7.92. The predicted octanol–water partition coefficient (Wildman–Crippen LogP) is 3.61. The van der Waals surface area contributed by atoms with Gasteiger partial charge in [-0.3, -0.25) is 0 Å². The first kappa shape index (κ1) is 18.2. The Balaban J connectivity index is 2.11. The zero-order chi connectivity index (χ0) is 17.6. The van der Waals surface area contributed by atoms with E-state index in [0.29, 0.717) is 6.42 Å². The molecule has 4 nitrogen and oxygen atoms in total. The van der Waals surface area contributed by atoms with Crippen LogP contribution >= 0.6 is 0 Å². The summed E-state index contributed by atoms with van der Waals surface area (Å²) in [6, 6.07) is 16.9. The van der Waals surface area contributed by atoms with Gasteiger partial charge in [0.2, 0.25) is 10.0 Å². The van der Waals surface area contributed by atoms with Crippen molar-refractivity contribution in [2.75, 3.05) is 7.11 Å². The largest absolute Gasteiger partial charge is 0.496 e. The number of sulfonamides is 1. The first-order chi connectivity index (χ1) is 11.3. The Hall–Kier alpha value is -2.11. The van der Waals surface area contributed by atoms with Crippen molar-refractivity contribution in [1.29, 1.82) is 0 Å². The molecule has 0 unspecified atom stereocenters. The number of hydrogen-bond donors (Lipinski definition) is 1. The van der Waals surface area contributed by atoms with E-state index in [1.165, 1.54) is 5.41 Å². The highest BCUT2D eigenvalue weighted by Gasteiger charge is 2.25. The van der Waals surface area contributed by atoms with Crippen molar-refractivity contribution in [3.8, 4) is 5.75 Å². The standard InChI is InChI=1S/C19H23NO3S/c1-19(2,15-17-11-7-8-12-18(17)23-3)20-24(21,22)14-13-16-9-5-4-6-10-16/h4-14,20H,15H2,1-3H3/b14-13+. The zero-order valence-electron chi connectivity index (χ0n) is 14.2. The van der Waals surface area contributed by atoms with E-state index in [0.717, 1.165) is 16.9 Å². The molecule has 24 heavy (non-hydrogen) atoms. The number of ether oxygens (including phenoxy) is 1. The molecule has 2 aromatic rings. The fraction of sp³-hybridized carbons (Fsp3) is 0.263. The Morgan fingerprint density at radius 3 is 2.33 bits per heavy atom. The summed E-state index contributed by atoms with van der Waals surface area (Å²) >= 11 is 0. The van der Waals surface area contributed by atoms with Gasteiger partial charge in [0.15, 0.2) is 0 Å². The second kappa shape index (κ2) is 7.64. The van der Waals surface area contributed by atoms with Crippen LogP contribution in [-0.2, 0) is 16.4 Å². The average molecular weight is 345 g/mol. The Bertz CT molecular complexity index is 796. The molecule has 0 spiro atoms. The van der Waals surface area contributed by atoms with Crippen LogP contribution in [0.15, 0.2) is 60.0 Å². The van der Waals surface area contributed by atoms with Gasteiger partial charge >= 0.3 is 0 Å². The maximum absolute atomic E-state index is 12.3. The fourth-order valence-corrected chi connectivity index (χ4v) is 3.76. The van der Waals surface area contributed by atoms with Crippen LogP contribution in [0.1, 0.15) is 25.0 Å². The van der Waals surface area contributed by atoms with Gasteiger partial charge in [0.1, 0.15) is 5.75 Å². The Morgan fingerprint density at radius 2 is 1.67 bits per heavy atom. The van der Waals surface area contributed by atoms with Gasteiger partial charge in [-0.2, -0.15) is 0 Å². The fourth-order valence-electron chi connectivity index (χ4n) is 2.51. The summed E-state index contributed by atoms with van der Waals surface area (Å²) in [7, 11) is -1.94. The van der Waals surface area contributed by atoms with Crippen LogP contribution in [0.5, 0.6) is 5.75 Å². The number of hydrogen-bond acceptors (Lipinski definition) is 3. The molecule has 0 aromatic heterocycles. The molecule has 5 heteroatoms. The lowest BCUT2D eigenvalue weighted by atomic mass is 9.96. The number of methoxy groups -OCH3 is 1. The van der Waals surface area contributed by atoms with Crippen molar-refractivity contribution in [3.63, 3.8) is 0 Å². The highest BCUT2D eigenvalue weighted by Crippen LogP contribution is 2.23. The Morgan fingerprint density at radius 1 is 1.04 bits per heavy atom. The molecule has 0 heterocycles. The molecule has 0 radical (unpaired) electrons. The zero-order valence-corrected chi connectivity index (χ0v) is 15.0. The summed E-state index contributed by atoms with van der Waals surface area (Å²) in [6.45, 7) is 3.71. The van der Waals surface area contributed by atoms with Gasteiger partial charge in [0.25, 0.3) is 0 Å². The van der Waals surface area contributed by atoms with E-state index in [4.69, 9.17) is 4.74 Å². The first-order valence-corrected chi connectivity index (χ1v) is 9.25. The molecule has 0 atom stereocenters. The molecule has 0 aliphatic rings. The minimum absolute atomic E-state index is 0.523. The molecule has 0 fully saturated rings. The molecule has 0 saturated heterocycles. The molecular formula is C19H23NO3S. The molecule has 0 aliphatic carbocycles. The lowest BCUT2D eigenvalue weighted by Crippen LogP contribution is -2.44. The van der Waals surface area contributed by atoms with Crippen molar-refractivity contribution in [2.45, 2.75) is 25.8 Å². The van der Waals surface area contributed by atoms with Gasteiger partial charge in [-0.15, -0.1) is 0 Å². The number of benzene rings is 2. The van der Waals surface area contributed by atoms with Gasteiger partial charge in [0, 0.05) is 10.9 Å². The van der Waals surface area contributed by atoms with Gasteiger partial charge in [-0.25, -0.2) is 13.1 Å². The number of para-hydroxylation sites is 1. The van der Waals surface area contributed by atoms with Crippen molar-refractivity contribution < 1.29 is 13.2 Å². The van der Waals surface area contributed by atoms with Gasteiger partial charge in [0.05, 0.1) is 7.11 Å². The Kier molecular flexibility index (Phi) is 5.80. The highest BCUT2D eigenvalue weighted by atomic mass is 32.2. The summed E-state index contributed by atoms with van der Waals surface area (Å²) in [5, 5.41) is 1.20. The monoisotopic (exact) mass is 345 g/mol. The van der Waals surface area contributed by atoms with E-state index in [9.17, 15) is 8.42 Å². The van der Waals surface area contributed by atoms with Crippen LogP contribution < -0.4 is 9.46 Å². The van der Waals surface area contributed by atoms with E-state index in [1.807, 2.05) is 68.4 Å². The van der Waals surface area contributed by atoms with Gasteiger partial charge < -0.3 is 4.74 Å². The van der Waals surface area contributed by atoms with E-state index in [2.05, 4.69) is 4.72 Å². The third-order valence-electron chi connectivity index (χ3n) is 3.48. The summed E-state index contributed by atoms with van der Waals surface area (Å²) in [6.07, 6.45) is 2.11. The normalized spacial score (nSPS) is 12.5. The van der Waals surface area contributed by atoms with E-state index >= 15 is 0 Å². The molecular weight excluding hydrogens is 322 g/mol. The first-order valence-electron chi connectivity index (χ1n) is 7.70. The second-order valence-corrected chi connectivity index (χ2v) is 7.80. The third-order valence-corrected chi connectivity index (χ3v) is 4.81. The second-order valence-electron chi connectivity index (χ2n) is 6.23. The van der Waals surface area contributed by atoms with Gasteiger partial charge in [-0.1, -0.05) is 48.5 Å². The summed E-state index contributed by atoms with van der Waals surface area (Å²) in [5.41, 5.74) is 1.15. The SMILES string of the molecule is COc1ccccc1CC(C)(C)NS(=O)(=O)/C=C/c1ccccc1. The molecule has 0 bridgehead atoms. The lowest BCUT2D eigenvalue weighted by Gasteiger charge is -2.26. The smallest absolute Gasteiger partial charge is 0.234 e. The van der Waals surface area contributed by atoms with Crippen LogP contribution in [-0.4, -0.2) is 21.1 Å². The van der Waals surface area contributed by atoms with Crippen molar-refractivity contribution in [1.82, 2.24) is 4.72 Å². The Labute approximate surface area is 144 Å². The van der Waals surface area contributed by atoms with Crippen molar-refractivity contribution in [2.24, 2.45) is 0 Å². The number of nitrogens with one attached hydrogen (secondary N) is 1. The van der Waals surface area contributed by atoms with Gasteiger partial charge in [-0.05, 0) is 43.5 Å². The van der Waals surface area contributed by atoms with Crippen LogP contribution in [0, 0.1) is 0 Å². The molecule has 128 valence electrons. The quantitative estimate of drug-likeness (QED) is 0.834. The average Bonchev–Trinajstić information content (AvgIpc) is 2.53. The third kappa shape index (κ3) is 5.51. The molecule has 2 rings (SSSR count). The molecule has 0 saturated carbocycles. The summed E-state index contributed by atoms with van der Waals surface area (Å²) < 4.78 is 32.7. The van der Waals surface area contributed by atoms with Crippen LogP contribution in [0.2, 0.25) is 0 Å². The topological polar surface area (TPSA) is 55.4 Å². The minimum atomic E-state index is -3.55. The minimum Gasteiger partial charge on any atom is -0.496 e. The van der Waals surface area contributed by atoms with Crippen molar-refractivity contribution in [3.05, 3.63) is 71.1 Å². The van der Waals surface area contributed by atoms with Crippen LogP contribution in [0.3, 0.4) is 0 Å². The van der Waals surface area contributed by atoms with Crippen LogP contribution in [0.25, 0.3) is 6.08 Å². The van der Waals surface area contributed by atoms with Crippen molar-refractivity contribution >= 4 is 16.1 Å². The maximum atomic E-state index is 12.3. The molecule has 0 aliphatic heterocycles. The van der Waals surface area contributed by atoms with E-state index in [-0.39, 0.29) is 0 Å². The predicted molar refractivity (Wildman–Crippen MR) is 98.3 cm³/mol. The maximum Gasteiger partial charge on any atom is 0.234 e. The molecule has 1 N–H and O–H groups in total. The van der Waals surface area contributed by atoms with Crippen LogP contribution in [0.4, 0.5) is 0 Å². The summed E-state index contributed by atoms with van der Waals surface area (Å²) in [5.74, 6) is 0.754. The molecule has 2 aromatic carbocycles. The lowest BCUT2D eigenvalue weighted by molar-refractivity contribution is 0.396. The summed E-state index contributed by atoms with van der Waals surface area (Å²) in [4.78, 5) is 0. The van der Waals surface area contributed by atoms with E-state index in [1.54, 1.807) is 13.2 Å². The molecule has 0 amide bonds. The van der Waals surface area contributed by atoms with E-state index < -0.39 is 15.6 Å².